The van der Waals surface area contributed by atoms with Crippen LogP contribution in [0.2, 0.25) is 0 Å². The predicted molar refractivity (Wildman–Crippen MR) is 49.5 cm³/mol. The Labute approximate surface area is 74.4 Å². The molecule has 1 saturated heterocycles. The van der Waals surface area contributed by atoms with Crippen LogP contribution in [-0.2, 0) is 4.79 Å². The molecule has 12 heavy (non-hydrogen) atoms. The maximum Gasteiger partial charge on any atom is 0.241 e. The zero-order chi connectivity index (χ0) is 9.46. The second-order valence-corrected chi connectivity index (χ2v) is 3.41. The lowest BCUT2D eigenvalue weighted by Crippen LogP contribution is -2.34. The number of rotatable bonds is 1. The first kappa shape index (κ1) is 9.11. The normalized spacial score (nSPS) is 24.4. The third kappa shape index (κ3) is 1.09. The highest BCUT2D eigenvalue weighted by molar-refractivity contribution is 6.21. The average molecular weight is 161 g/mol. The molecule has 1 amide bonds. The minimum Gasteiger partial charge on any atom is -0.386 e. The standard InChI is InChI=1S/C9H12BNO/c1-5(2)8-6(3)7(4)9(12)11(8)10/h5,8H,3-4H2,1-2H3. The highest BCUT2D eigenvalue weighted by atomic mass is 16.2. The summed E-state index contributed by atoms with van der Waals surface area (Å²) >= 11 is 0. The molecule has 2 radical (unpaired) electrons. The Morgan fingerprint density at radius 1 is 1.50 bits per heavy atom. The van der Waals surface area contributed by atoms with E-state index < -0.39 is 0 Å². The van der Waals surface area contributed by atoms with Crippen LogP contribution in [0.4, 0.5) is 0 Å². The molecule has 0 aromatic carbocycles. The second-order valence-electron chi connectivity index (χ2n) is 3.41. The molecule has 0 bridgehead atoms. The van der Waals surface area contributed by atoms with Crippen LogP contribution < -0.4 is 0 Å². The van der Waals surface area contributed by atoms with E-state index in [-0.39, 0.29) is 17.9 Å². The summed E-state index contributed by atoms with van der Waals surface area (Å²) in [6.07, 6.45) is 0. The van der Waals surface area contributed by atoms with Crippen LogP contribution >= 0.6 is 0 Å². The van der Waals surface area contributed by atoms with Crippen molar-refractivity contribution in [3.8, 4) is 0 Å². The molecule has 3 heteroatoms. The molecular weight excluding hydrogens is 149 g/mol. The van der Waals surface area contributed by atoms with Gasteiger partial charge in [-0.3, -0.25) is 4.79 Å². The number of amides is 1. The Morgan fingerprint density at radius 3 is 2.17 bits per heavy atom. The molecule has 1 aliphatic rings. The van der Waals surface area contributed by atoms with Gasteiger partial charge in [-0.15, -0.1) is 0 Å². The van der Waals surface area contributed by atoms with Crippen molar-refractivity contribution in [2.24, 2.45) is 5.92 Å². The molecule has 0 aliphatic carbocycles. The topological polar surface area (TPSA) is 20.3 Å². The van der Waals surface area contributed by atoms with Crippen molar-refractivity contribution in [3.05, 3.63) is 24.3 Å². The van der Waals surface area contributed by atoms with Gasteiger partial charge in [0.05, 0.1) is 0 Å². The van der Waals surface area contributed by atoms with E-state index in [2.05, 4.69) is 13.2 Å². The van der Waals surface area contributed by atoms with E-state index in [1.165, 1.54) is 4.81 Å². The Morgan fingerprint density at radius 2 is 2.00 bits per heavy atom. The predicted octanol–water partition coefficient (Wildman–Crippen LogP) is 1.05. The summed E-state index contributed by atoms with van der Waals surface area (Å²) in [4.78, 5) is 12.5. The van der Waals surface area contributed by atoms with E-state index in [1.807, 2.05) is 13.8 Å². The molecule has 0 spiro atoms. The summed E-state index contributed by atoms with van der Waals surface area (Å²) in [6.45, 7) is 11.4. The lowest BCUT2D eigenvalue weighted by molar-refractivity contribution is -0.122. The van der Waals surface area contributed by atoms with Crippen LogP contribution in [0.5, 0.6) is 0 Å². The van der Waals surface area contributed by atoms with E-state index in [9.17, 15) is 4.79 Å². The summed E-state index contributed by atoms with van der Waals surface area (Å²) in [5, 5.41) is 0. The number of nitrogens with zero attached hydrogens (tertiary/aromatic N) is 1. The largest absolute Gasteiger partial charge is 0.386 e. The van der Waals surface area contributed by atoms with Gasteiger partial charge in [0, 0.05) is 11.6 Å². The van der Waals surface area contributed by atoms with Crippen molar-refractivity contribution in [1.82, 2.24) is 4.81 Å². The van der Waals surface area contributed by atoms with Gasteiger partial charge in [-0.2, -0.15) is 0 Å². The monoisotopic (exact) mass is 161 g/mol. The van der Waals surface area contributed by atoms with Gasteiger partial charge in [0.15, 0.2) is 0 Å². The van der Waals surface area contributed by atoms with Gasteiger partial charge in [-0.1, -0.05) is 27.0 Å². The molecule has 1 aliphatic heterocycles. The molecule has 62 valence electrons. The Bertz CT molecular complexity index is 257. The van der Waals surface area contributed by atoms with Crippen LogP contribution in [-0.4, -0.2) is 24.7 Å². The number of hydrogen-bond donors (Lipinski definition) is 0. The lowest BCUT2D eigenvalue weighted by atomic mass is 9.95. The molecule has 0 saturated carbocycles. The highest BCUT2D eigenvalue weighted by Gasteiger charge is 2.35. The van der Waals surface area contributed by atoms with Crippen LogP contribution in [0.1, 0.15) is 13.8 Å². The summed E-state index contributed by atoms with van der Waals surface area (Å²) in [7, 11) is 5.57. The zero-order valence-electron chi connectivity index (χ0n) is 7.50. The first-order valence-electron chi connectivity index (χ1n) is 3.93. The van der Waals surface area contributed by atoms with Crippen LogP contribution in [0.3, 0.4) is 0 Å². The van der Waals surface area contributed by atoms with E-state index in [0.29, 0.717) is 5.57 Å². The first-order valence-corrected chi connectivity index (χ1v) is 3.93. The quantitative estimate of drug-likeness (QED) is 0.415. The molecule has 1 atom stereocenters. The summed E-state index contributed by atoms with van der Waals surface area (Å²) in [5.41, 5.74) is 1.19. The van der Waals surface area contributed by atoms with Gasteiger partial charge in [0.25, 0.3) is 0 Å². The summed E-state index contributed by atoms with van der Waals surface area (Å²) in [5.74, 6) is 0.0735. The Balaban J connectivity index is 2.99. The second kappa shape index (κ2) is 2.81. The third-order valence-electron chi connectivity index (χ3n) is 2.17. The zero-order valence-corrected chi connectivity index (χ0v) is 7.50. The molecule has 0 aromatic heterocycles. The molecule has 1 unspecified atom stereocenters. The van der Waals surface area contributed by atoms with Gasteiger partial charge in [-0.25, -0.2) is 0 Å². The minimum absolute atomic E-state index is 0.0787. The smallest absolute Gasteiger partial charge is 0.241 e. The van der Waals surface area contributed by atoms with Crippen LogP contribution in [0, 0.1) is 5.92 Å². The third-order valence-corrected chi connectivity index (χ3v) is 2.17. The van der Waals surface area contributed by atoms with Crippen LogP contribution in [0.25, 0.3) is 0 Å². The van der Waals surface area contributed by atoms with Gasteiger partial charge < -0.3 is 4.81 Å². The number of carbonyl (C=O) groups is 1. The summed E-state index contributed by atoms with van der Waals surface area (Å²) in [6, 6.07) is -0.0787. The van der Waals surface area contributed by atoms with Gasteiger partial charge in [-0.05, 0) is 11.5 Å². The fourth-order valence-electron chi connectivity index (χ4n) is 1.49. The van der Waals surface area contributed by atoms with E-state index >= 15 is 0 Å². The highest BCUT2D eigenvalue weighted by Crippen LogP contribution is 2.30. The first-order chi connectivity index (χ1) is 5.46. The minimum atomic E-state index is -0.210. The van der Waals surface area contributed by atoms with Crippen molar-refractivity contribution >= 4 is 13.9 Å². The molecule has 1 fully saturated rings. The maximum atomic E-state index is 11.3. The number of carbonyl (C=O) groups excluding carboxylic acids is 1. The van der Waals surface area contributed by atoms with Crippen molar-refractivity contribution in [3.63, 3.8) is 0 Å². The SMILES string of the molecule is [B]N1C(=O)C(=C)C(=C)C1C(C)C. The van der Waals surface area contributed by atoms with E-state index in [4.69, 9.17) is 7.98 Å². The van der Waals surface area contributed by atoms with Gasteiger partial charge in [0.2, 0.25) is 13.9 Å². The van der Waals surface area contributed by atoms with E-state index in [0.717, 1.165) is 5.57 Å². The fourth-order valence-corrected chi connectivity index (χ4v) is 1.49. The van der Waals surface area contributed by atoms with Gasteiger partial charge >= 0.3 is 0 Å². The van der Waals surface area contributed by atoms with Crippen LogP contribution in [0.15, 0.2) is 24.3 Å². The van der Waals surface area contributed by atoms with Crippen molar-refractivity contribution in [2.75, 3.05) is 0 Å². The van der Waals surface area contributed by atoms with Crippen molar-refractivity contribution < 1.29 is 4.79 Å². The Hall–Kier alpha value is -0.985. The number of hydrogen-bond acceptors (Lipinski definition) is 1. The van der Waals surface area contributed by atoms with Crippen molar-refractivity contribution in [1.29, 1.82) is 0 Å². The van der Waals surface area contributed by atoms with E-state index in [1.54, 1.807) is 0 Å². The fraction of sp³-hybridized carbons (Fsp3) is 0.444. The Kier molecular flexibility index (Phi) is 2.13. The molecule has 0 aromatic rings. The molecule has 0 N–H and O–H groups in total. The summed E-state index contributed by atoms with van der Waals surface area (Å²) < 4.78 is 0. The molecule has 1 heterocycles. The molecule has 2 nitrogen and oxygen atoms in total. The van der Waals surface area contributed by atoms with Gasteiger partial charge in [0.1, 0.15) is 0 Å². The van der Waals surface area contributed by atoms with Crippen molar-refractivity contribution in [2.45, 2.75) is 19.9 Å². The molecule has 1 rings (SSSR count). The maximum absolute atomic E-state index is 11.3. The lowest BCUT2D eigenvalue weighted by Gasteiger charge is -2.24. The molecular formula is C9H12BNO. The average Bonchev–Trinajstić information content (AvgIpc) is 2.16.